The first-order chi connectivity index (χ1) is 10.0. The number of hydrogen-bond donors (Lipinski definition) is 1. The van der Waals surface area contributed by atoms with Crippen LogP contribution in [-0.2, 0) is 4.79 Å². The van der Waals surface area contributed by atoms with Gasteiger partial charge in [-0.3, -0.25) is 19.3 Å². The van der Waals surface area contributed by atoms with E-state index in [0.717, 1.165) is 0 Å². The monoisotopic (exact) mass is 288 g/mol. The van der Waals surface area contributed by atoms with Gasteiger partial charge in [-0.05, 0) is 38.8 Å². The first-order valence-corrected chi connectivity index (χ1v) is 7.25. The minimum absolute atomic E-state index is 0.00682. The van der Waals surface area contributed by atoms with Crippen molar-refractivity contribution in [2.24, 2.45) is 0 Å². The molecule has 0 spiro atoms. The van der Waals surface area contributed by atoms with Crippen LogP contribution in [0.3, 0.4) is 0 Å². The number of unbranched alkanes of at least 4 members (excludes halogenated alkanes) is 1. The number of imide groups is 1. The van der Waals surface area contributed by atoms with Crippen LogP contribution in [-0.4, -0.2) is 35.2 Å². The van der Waals surface area contributed by atoms with Crippen molar-refractivity contribution in [3.63, 3.8) is 0 Å². The molecule has 1 aromatic rings. The Morgan fingerprint density at radius 3 is 2.19 bits per heavy atom. The van der Waals surface area contributed by atoms with Crippen molar-refractivity contribution in [2.75, 3.05) is 6.54 Å². The molecule has 112 valence electrons. The Kier molecular flexibility index (Phi) is 4.73. The topological polar surface area (TPSA) is 66.5 Å². The van der Waals surface area contributed by atoms with E-state index in [1.165, 1.54) is 4.90 Å². The van der Waals surface area contributed by atoms with Crippen molar-refractivity contribution in [1.29, 1.82) is 0 Å². The molecule has 0 atom stereocenters. The molecular formula is C16H20N2O3. The lowest BCUT2D eigenvalue weighted by molar-refractivity contribution is -0.121. The zero-order chi connectivity index (χ0) is 15.4. The van der Waals surface area contributed by atoms with Crippen LogP contribution in [0.2, 0.25) is 0 Å². The lowest BCUT2D eigenvalue weighted by Gasteiger charge is -2.13. The highest BCUT2D eigenvalue weighted by molar-refractivity contribution is 6.21. The minimum Gasteiger partial charge on any atom is -0.354 e. The van der Waals surface area contributed by atoms with Gasteiger partial charge in [0.15, 0.2) is 0 Å². The SMILES string of the molecule is CC(C)NC(=O)CCCCN1C(=O)c2ccccc2C1=O. The van der Waals surface area contributed by atoms with Gasteiger partial charge in [0.25, 0.3) is 11.8 Å². The molecule has 0 saturated carbocycles. The molecule has 5 heteroatoms. The number of amides is 3. The lowest BCUT2D eigenvalue weighted by atomic mass is 10.1. The molecule has 1 heterocycles. The second-order valence-corrected chi connectivity index (χ2v) is 5.49. The molecular weight excluding hydrogens is 268 g/mol. The van der Waals surface area contributed by atoms with E-state index >= 15 is 0 Å². The van der Waals surface area contributed by atoms with E-state index in [2.05, 4.69) is 5.32 Å². The molecule has 0 aliphatic carbocycles. The highest BCUT2D eigenvalue weighted by Crippen LogP contribution is 2.22. The number of fused-ring (bicyclic) bond motifs is 1. The molecule has 0 aromatic heterocycles. The molecule has 0 radical (unpaired) electrons. The first-order valence-electron chi connectivity index (χ1n) is 7.25. The maximum absolute atomic E-state index is 12.1. The minimum atomic E-state index is -0.234. The van der Waals surface area contributed by atoms with Crippen LogP contribution in [0.1, 0.15) is 53.8 Å². The molecule has 1 N–H and O–H groups in total. The Morgan fingerprint density at radius 2 is 1.67 bits per heavy atom. The number of nitrogens with zero attached hydrogens (tertiary/aromatic N) is 1. The average Bonchev–Trinajstić information content (AvgIpc) is 2.68. The van der Waals surface area contributed by atoms with Crippen LogP contribution >= 0.6 is 0 Å². The maximum atomic E-state index is 12.1. The molecule has 0 fully saturated rings. The summed E-state index contributed by atoms with van der Waals surface area (Å²) in [7, 11) is 0. The zero-order valence-corrected chi connectivity index (χ0v) is 12.4. The van der Waals surface area contributed by atoms with Crippen LogP contribution in [0.15, 0.2) is 24.3 Å². The van der Waals surface area contributed by atoms with Gasteiger partial charge in [-0.2, -0.15) is 0 Å². The zero-order valence-electron chi connectivity index (χ0n) is 12.4. The van der Waals surface area contributed by atoms with E-state index in [4.69, 9.17) is 0 Å². The van der Waals surface area contributed by atoms with Gasteiger partial charge in [-0.1, -0.05) is 12.1 Å². The summed E-state index contributed by atoms with van der Waals surface area (Å²) in [6.07, 6.45) is 1.71. The molecule has 2 rings (SSSR count). The molecule has 3 amide bonds. The van der Waals surface area contributed by atoms with E-state index in [1.54, 1.807) is 24.3 Å². The standard InChI is InChI=1S/C16H20N2O3/c1-11(2)17-14(19)9-5-6-10-18-15(20)12-7-3-4-8-13(12)16(18)21/h3-4,7-8,11H,5-6,9-10H2,1-2H3,(H,17,19). The van der Waals surface area contributed by atoms with Gasteiger partial charge in [-0.15, -0.1) is 0 Å². The highest BCUT2D eigenvalue weighted by atomic mass is 16.2. The second-order valence-electron chi connectivity index (χ2n) is 5.49. The Morgan fingerprint density at radius 1 is 1.10 bits per heavy atom. The van der Waals surface area contributed by atoms with E-state index in [9.17, 15) is 14.4 Å². The van der Waals surface area contributed by atoms with Crippen LogP contribution in [0.25, 0.3) is 0 Å². The summed E-state index contributed by atoms with van der Waals surface area (Å²) in [4.78, 5) is 37.0. The Balaban J connectivity index is 1.82. The van der Waals surface area contributed by atoms with Crippen molar-refractivity contribution in [3.8, 4) is 0 Å². The van der Waals surface area contributed by atoms with Crippen molar-refractivity contribution >= 4 is 17.7 Å². The van der Waals surface area contributed by atoms with Crippen LogP contribution in [0, 0.1) is 0 Å². The predicted octanol–water partition coefficient (Wildman–Crippen LogP) is 1.98. The van der Waals surface area contributed by atoms with Gasteiger partial charge in [0, 0.05) is 19.0 Å². The van der Waals surface area contributed by atoms with E-state index in [0.29, 0.717) is 36.9 Å². The molecule has 1 aliphatic heterocycles. The number of benzene rings is 1. The molecule has 5 nitrogen and oxygen atoms in total. The Hall–Kier alpha value is -2.17. The highest BCUT2D eigenvalue weighted by Gasteiger charge is 2.34. The van der Waals surface area contributed by atoms with Gasteiger partial charge in [0.1, 0.15) is 0 Å². The number of carbonyl (C=O) groups excluding carboxylic acids is 3. The summed E-state index contributed by atoms with van der Waals surface area (Å²) in [5, 5.41) is 2.82. The van der Waals surface area contributed by atoms with Gasteiger partial charge >= 0.3 is 0 Å². The fourth-order valence-corrected chi connectivity index (χ4v) is 2.39. The smallest absolute Gasteiger partial charge is 0.261 e. The van der Waals surface area contributed by atoms with Gasteiger partial charge < -0.3 is 5.32 Å². The number of nitrogens with one attached hydrogen (secondary N) is 1. The number of hydrogen-bond acceptors (Lipinski definition) is 3. The summed E-state index contributed by atoms with van der Waals surface area (Å²) >= 11 is 0. The molecule has 1 aliphatic rings. The molecule has 0 bridgehead atoms. The van der Waals surface area contributed by atoms with Crippen LogP contribution in [0.4, 0.5) is 0 Å². The van der Waals surface area contributed by atoms with Crippen molar-refractivity contribution in [3.05, 3.63) is 35.4 Å². The molecule has 1 aromatic carbocycles. The second kappa shape index (κ2) is 6.52. The molecule has 0 unspecified atom stereocenters. The van der Waals surface area contributed by atoms with E-state index in [1.807, 2.05) is 13.8 Å². The Labute approximate surface area is 124 Å². The van der Waals surface area contributed by atoms with Gasteiger partial charge in [-0.25, -0.2) is 0 Å². The summed E-state index contributed by atoms with van der Waals surface area (Å²) in [5.74, 6) is -0.461. The number of rotatable bonds is 6. The largest absolute Gasteiger partial charge is 0.354 e. The first kappa shape index (κ1) is 15.2. The summed E-state index contributed by atoms with van der Waals surface area (Å²) in [5.41, 5.74) is 0.945. The number of carbonyl (C=O) groups is 3. The summed E-state index contributed by atoms with van der Waals surface area (Å²) in [6.45, 7) is 4.19. The molecule has 0 saturated heterocycles. The van der Waals surface area contributed by atoms with Gasteiger partial charge in [0.2, 0.25) is 5.91 Å². The third kappa shape index (κ3) is 3.48. The average molecular weight is 288 g/mol. The lowest BCUT2D eigenvalue weighted by Crippen LogP contribution is -2.32. The van der Waals surface area contributed by atoms with Gasteiger partial charge in [0.05, 0.1) is 11.1 Å². The van der Waals surface area contributed by atoms with E-state index in [-0.39, 0.29) is 23.8 Å². The van der Waals surface area contributed by atoms with Crippen LogP contribution < -0.4 is 5.32 Å². The van der Waals surface area contributed by atoms with E-state index < -0.39 is 0 Å². The quantitative estimate of drug-likeness (QED) is 0.643. The van der Waals surface area contributed by atoms with Crippen molar-refractivity contribution in [1.82, 2.24) is 10.2 Å². The van der Waals surface area contributed by atoms with Crippen LogP contribution in [0.5, 0.6) is 0 Å². The molecule has 21 heavy (non-hydrogen) atoms. The normalized spacial score (nSPS) is 13.8. The van der Waals surface area contributed by atoms with Crippen molar-refractivity contribution < 1.29 is 14.4 Å². The Bertz CT molecular complexity index is 531. The summed E-state index contributed by atoms with van der Waals surface area (Å²) in [6, 6.07) is 6.99. The third-order valence-electron chi connectivity index (χ3n) is 3.36. The third-order valence-corrected chi connectivity index (χ3v) is 3.36. The van der Waals surface area contributed by atoms with Crippen molar-refractivity contribution in [2.45, 2.75) is 39.2 Å². The maximum Gasteiger partial charge on any atom is 0.261 e. The predicted molar refractivity (Wildman–Crippen MR) is 78.9 cm³/mol. The fourth-order valence-electron chi connectivity index (χ4n) is 2.39. The fraction of sp³-hybridized carbons (Fsp3) is 0.438. The summed E-state index contributed by atoms with van der Waals surface area (Å²) < 4.78 is 0.